The van der Waals surface area contributed by atoms with Crippen LogP contribution in [0.2, 0.25) is 0 Å². The first kappa shape index (κ1) is 11.3. The second-order valence-electron chi connectivity index (χ2n) is 4.99. The maximum atomic E-state index is 12.4. The van der Waals surface area contributed by atoms with Crippen LogP contribution in [0, 0.1) is 5.92 Å². The van der Waals surface area contributed by atoms with E-state index in [-0.39, 0.29) is 11.8 Å². The van der Waals surface area contributed by atoms with E-state index >= 15 is 0 Å². The summed E-state index contributed by atoms with van der Waals surface area (Å²) in [5, 5.41) is 6.04. The van der Waals surface area contributed by atoms with E-state index in [2.05, 4.69) is 5.10 Å². The van der Waals surface area contributed by atoms with Gasteiger partial charge in [-0.15, -0.1) is 0 Å². The molecule has 2 N–H and O–H groups in total. The van der Waals surface area contributed by atoms with Gasteiger partial charge in [0, 0.05) is 5.69 Å². The molecule has 1 aliphatic carbocycles. The number of hydrogen-bond donors (Lipinski definition) is 1. The Hall–Kier alpha value is -1.84. The highest BCUT2D eigenvalue weighted by Crippen LogP contribution is 2.31. The van der Waals surface area contributed by atoms with Gasteiger partial charge in [-0.3, -0.25) is 4.79 Å². The molecule has 4 heteroatoms. The zero-order valence-corrected chi connectivity index (χ0v) is 10.3. The van der Waals surface area contributed by atoms with Crippen LogP contribution < -0.4 is 10.7 Å². The highest BCUT2D eigenvalue weighted by Gasteiger charge is 2.36. The maximum absolute atomic E-state index is 12.4. The molecule has 0 aromatic heterocycles. The first-order valence-electron chi connectivity index (χ1n) is 6.52. The van der Waals surface area contributed by atoms with E-state index in [1.165, 1.54) is 11.4 Å². The van der Waals surface area contributed by atoms with E-state index in [9.17, 15) is 4.79 Å². The number of nitrogen functional groups attached to an aromatic ring is 1. The minimum atomic E-state index is 0.00827. The van der Waals surface area contributed by atoms with Crippen molar-refractivity contribution in [3.63, 3.8) is 0 Å². The number of anilines is 2. The summed E-state index contributed by atoms with van der Waals surface area (Å²) in [6, 6.07) is 7.35. The predicted molar refractivity (Wildman–Crippen MR) is 72.4 cm³/mol. The third kappa shape index (κ3) is 1.88. The van der Waals surface area contributed by atoms with Gasteiger partial charge in [0.15, 0.2) is 0 Å². The van der Waals surface area contributed by atoms with Crippen molar-refractivity contribution in [2.45, 2.75) is 32.1 Å². The van der Waals surface area contributed by atoms with Gasteiger partial charge >= 0.3 is 0 Å². The fourth-order valence-electron chi connectivity index (χ4n) is 2.72. The van der Waals surface area contributed by atoms with Crippen LogP contribution in [0.5, 0.6) is 0 Å². The molecular weight excluding hydrogens is 226 g/mol. The molecule has 1 aromatic rings. The molecular formula is C14H17N3O. The molecule has 18 heavy (non-hydrogen) atoms. The smallest absolute Gasteiger partial charge is 0.256 e. The van der Waals surface area contributed by atoms with Crippen molar-refractivity contribution >= 4 is 23.0 Å². The number of amides is 1. The van der Waals surface area contributed by atoms with Gasteiger partial charge in [0.1, 0.15) is 0 Å². The van der Waals surface area contributed by atoms with Crippen LogP contribution in [0.15, 0.2) is 29.4 Å². The molecule has 0 saturated heterocycles. The zero-order chi connectivity index (χ0) is 12.5. The number of hydrogen-bond acceptors (Lipinski definition) is 3. The monoisotopic (exact) mass is 243 g/mol. The topological polar surface area (TPSA) is 58.7 Å². The van der Waals surface area contributed by atoms with Crippen molar-refractivity contribution in [3.05, 3.63) is 24.3 Å². The standard InChI is InChI=1S/C14H17N3O/c15-10-5-4-6-11(9-10)17-14(18)12-7-2-1-3-8-13(12)16-17/h4-6,9,12H,1-3,7-8,15H2. The highest BCUT2D eigenvalue weighted by atomic mass is 16.2. The number of carbonyl (C=O) groups excluding carboxylic acids is 1. The van der Waals surface area contributed by atoms with E-state index < -0.39 is 0 Å². The van der Waals surface area contributed by atoms with E-state index in [0.29, 0.717) is 5.69 Å². The minimum absolute atomic E-state index is 0.00827. The molecule has 0 radical (unpaired) electrons. The third-order valence-electron chi connectivity index (χ3n) is 3.68. The summed E-state index contributed by atoms with van der Waals surface area (Å²) < 4.78 is 0. The zero-order valence-electron chi connectivity index (χ0n) is 10.3. The Morgan fingerprint density at radius 3 is 3.00 bits per heavy atom. The molecule has 1 saturated carbocycles. The molecule has 1 unspecified atom stereocenters. The molecule has 2 aliphatic rings. The Morgan fingerprint density at radius 1 is 1.28 bits per heavy atom. The van der Waals surface area contributed by atoms with Crippen LogP contribution in [0.4, 0.5) is 11.4 Å². The minimum Gasteiger partial charge on any atom is -0.399 e. The van der Waals surface area contributed by atoms with Crippen LogP contribution in [0.1, 0.15) is 32.1 Å². The second-order valence-corrected chi connectivity index (χ2v) is 4.99. The summed E-state index contributed by atoms with van der Waals surface area (Å²) >= 11 is 0. The van der Waals surface area contributed by atoms with Crippen LogP contribution in [0.25, 0.3) is 0 Å². The number of nitrogens with two attached hydrogens (primary N) is 1. The van der Waals surface area contributed by atoms with Gasteiger partial charge in [0.25, 0.3) is 5.91 Å². The van der Waals surface area contributed by atoms with Crippen LogP contribution >= 0.6 is 0 Å². The van der Waals surface area contributed by atoms with E-state index in [4.69, 9.17) is 5.73 Å². The van der Waals surface area contributed by atoms with E-state index in [1.807, 2.05) is 18.2 Å². The lowest BCUT2D eigenvalue weighted by molar-refractivity contribution is -0.119. The van der Waals surface area contributed by atoms with Crippen molar-refractivity contribution in [1.82, 2.24) is 0 Å². The lowest BCUT2D eigenvalue weighted by Gasteiger charge is -2.14. The second kappa shape index (κ2) is 4.44. The lowest BCUT2D eigenvalue weighted by atomic mass is 9.98. The molecule has 94 valence electrons. The van der Waals surface area contributed by atoms with Crippen molar-refractivity contribution in [2.75, 3.05) is 10.7 Å². The maximum Gasteiger partial charge on any atom is 0.256 e. The van der Waals surface area contributed by atoms with Crippen LogP contribution in [-0.2, 0) is 4.79 Å². The van der Waals surface area contributed by atoms with Gasteiger partial charge in [-0.05, 0) is 37.5 Å². The molecule has 4 nitrogen and oxygen atoms in total. The van der Waals surface area contributed by atoms with Gasteiger partial charge in [0.2, 0.25) is 0 Å². The molecule has 0 bridgehead atoms. The normalized spacial score (nSPS) is 23.6. The first-order valence-corrected chi connectivity index (χ1v) is 6.52. The van der Waals surface area contributed by atoms with Crippen molar-refractivity contribution in [3.8, 4) is 0 Å². The lowest BCUT2D eigenvalue weighted by Crippen LogP contribution is -2.27. The summed E-state index contributed by atoms with van der Waals surface area (Å²) in [4.78, 5) is 12.4. The summed E-state index contributed by atoms with van der Waals surface area (Å²) in [7, 11) is 0. The Kier molecular flexibility index (Phi) is 2.78. The molecule has 1 amide bonds. The summed E-state index contributed by atoms with van der Waals surface area (Å²) in [6.45, 7) is 0. The number of carbonyl (C=O) groups is 1. The van der Waals surface area contributed by atoms with Crippen molar-refractivity contribution in [2.24, 2.45) is 11.0 Å². The Labute approximate surface area is 106 Å². The third-order valence-corrected chi connectivity index (χ3v) is 3.68. The number of rotatable bonds is 1. The number of hydrazone groups is 1. The molecule has 3 rings (SSSR count). The van der Waals surface area contributed by atoms with E-state index in [0.717, 1.165) is 37.1 Å². The van der Waals surface area contributed by atoms with Crippen LogP contribution in [-0.4, -0.2) is 11.6 Å². The van der Waals surface area contributed by atoms with Gasteiger partial charge in [-0.1, -0.05) is 18.9 Å². The number of fused-ring (bicyclic) bond motifs is 1. The Balaban J connectivity index is 1.93. The molecule has 1 aliphatic heterocycles. The van der Waals surface area contributed by atoms with Gasteiger partial charge in [-0.25, -0.2) is 5.01 Å². The number of nitrogens with zero attached hydrogens (tertiary/aromatic N) is 2. The van der Waals surface area contributed by atoms with E-state index in [1.54, 1.807) is 6.07 Å². The first-order chi connectivity index (χ1) is 8.75. The SMILES string of the molecule is Nc1cccc(N2N=C3CCCCCC3C2=O)c1. The summed E-state index contributed by atoms with van der Waals surface area (Å²) in [5.41, 5.74) is 8.25. The van der Waals surface area contributed by atoms with Crippen molar-refractivity contribution < 1.29 is 4.79 Å². The highest BCUT2D eigenvalue weighted by molar-refractivity contribution is 6.15. The Morgan fingerprint density at radius 2 is 2.17 bits per heavy atom. The molecule has 1 heterocycles. The molecule has 1 aromatic carbocycles. The Bertz CT molecular complexity index is 510. The summed E-state index contributed by atoms with van der Waals surface area (Å²) in [5.74, 6) is 0.117. The van der Waals surface area contributed by atoms with Crippen molar-refractivity contribution in [1.29, 1.82) is 0 Å². The quantitative estimate of drug-likeness (QED) is 0.770. The average molecular weight is 243 g/mol. The molecule has 1 atom stereocenters. The molecule has 1 fully saturated rings. The molecule has 0 spiro atoms. The van der Waals surface area contributed by atoms with Gasteiger partial charge < -0.3 is 5.73 Å². The average Bonchev–Trinajstić information content (AvgIpc) is 2.55. The fourth-order valence-corrected chi connectivity index (χ4v) is 2.72. The summed E-state index contributed by atoms with van der Waals surface area (Å²) in [6.07, 6.45) is 5.38. The fraction of sp³-hybridized carbons (Fsp3) is 0.429. The van der Waals surface area contributed by atoms with Gasteiger partial charge in [-0.2, -0.15) is 5.10 Å². The van der Waals surface area contributed by atoms with Gasteiger partial charge in [0.05, 0.1) is 17.3 Å². The largest absolute Gasteiger partial charge is 0.399 e. The predicted octanol–water partition coefficient (Wildman–Crippen LogP) is 2.55. The number of benzene rings is 1. The van der Waals surface area contributed by atoms with Crippen LogP contribution in [0.3, 0.4) is 0 Å².